The van der Waals surface area contributed by atoms with E-state index in [1.54, 1.807) is 0 Å². The van der Waals surface area contributed by atoms with Crippen LogP contribution in [0, 0.1) is 0 Å². The number of para-hydroxylation sites is 2. The van der Waals surface area contributed by atoms with Gasteiger partial charge in [0.05, 0.1) is 0 Å². The standard InChI is InChI=1S/C22H24N4/c1-16(2)18-10-4-5-11-19(18)24-22-23-14-13-21(25-22)26-15-7-9-17-8-3-6-12-20(17)26/h3-6,8,10-14,16H,7,9,15H2,1-2H3,(H,23,24,25). The maximum atomic E-state index is 4.79. The van der Waals surface area contributed by atoms with Gasteiger partial charge in [-0.1, -0.05) is 50.2 Å². The molecule has 132 valence electrons. The first-order chi connectivity index (χ1) is 12.7. The molecule has 3 aromatic rings. The first-order valence-corrected chi connectivity index (χ1v) is 9.27. The number of hydrogen-bond donors (Lipinski definition) is 1. The van der Waals surface area contributed by atoms with E-state index in [-0.39, 0.29) is 0 Å². The lowest BCUT2D eigenvalue weighted by molar-refractivity contribution is 0.759. The fourth-order valence-electron chi connectivity index (χ4n) is 3.57. The number of rotatable bonds is 4. The molecule has 4 nitrogen and oxygen atoms in total. The van der Waals surface area contributed by atoms with E-state index in [1.807, 2.05) is 18.3 Å². The van der Waals surface area contributed by atoms with E-state index in [0.29, 0.717) is 11.9 Å². The van der Waals surface area contributed by atoms with Crippen molar-refractivity contribution in [3.05, 3.63) is 71.9 Å². The summed E-state index contributed by atoms with van der Waals surface area (Å²) in [6, 6.07) is 18.9. The van der Waals surface area contributed by atoms with Crippen LogP contribution in [-0.4, -0.2) is 16.5 Å². The molecular weight excluding hydrogens is 320 g/mol. The Morgan fingerprint density at radius 1 is 1.00 bits per heavy atom. The Labute approximate surface area is 154 Å². The molecule has 0 fully saturated rings. The molecule has 0 amide bonds. The normalized spacial score (nSPS) is 13.6. The summed E-state index contributed by atoms with van der Waals surface area (Å²) in [7, 11) is 0. The lowest BCUT2D eigenvalue weighted by Crippen LogP contribution is -2.25. The monoisotopic (exact) mass is 344 g/mol. The largest absolute Gasteiger partial charge is 0.326 e. The summed E-state index contributed by atoms with van der Waals surface area (Å²) in [6.45, 7) is 5.38. The van der Waals surface area contributed by atoms with Gasteiger partial charge < -0.3 is 10.2 Å². The Hall–Kier alpha value is -2.88. The zero-order valence-corrected chi connectivity index (χ0v) is 15.3. The van der Waals surface area contributed by atoms with Crippen LogP contribution in [0.4, 0.5) is 23.1 Å². The van der Waals surface area contributed by atoms with Gasteiger partial charge in [-0.25, -0.2) is 4.98 Å². The summed E-state index contributed by atoms with van der Waals surface area (Å²) in [5.41, 5.74) is 4.98. The molecule has 1 aromatic heterocycles. The maximum Gasteiger partial charge on any atom is 0.229 e. The summed E-state index contributed by atoms with van der Waals surface area (Å²) in [6.07, 6.45) is 4.10. The molecule has 1 aliphatic heterocycles. The van der Waals surface area contributed by atoms with Crippen molar-refractivity contribution in [1.29, 1.82) is 0 Å². The van der Waals surface area contributed by atoms with Gasteiger partial charge in [0.2, 0.25) is 5.95 Å². The molecule has 0 atom stereocenters. The highest BCUT2D eigenvalue weighted by Gasteiger charge is 2.19. The highest BCUT2D eigenvalue weighted by molar-refractivity contribution is 5.67. The molecule has 1 aliphatic rings. The van der Waals surface area contributed by atoms with E-state index in [4.69, 9.17) is 4.98 Å². The summed E-state index contributed by atoms with van der Waals surface area (Å²) >= 11 is 0. The molecule has 2 aromatic carbocycles. The van der Waals surface area contributed by atoms with E-state index in [1.165, 1.54) is 16.8 Å². The Bertz CT molecular complexity index is 904. The molecular formula is C22H24N4. The van der Waals surface area contributed by atoms with Crippen LogP contribution in [0.25, 0.3) is 0 Å². The highest BCUT2D eigenvalue weighted by Crippen LogP contribution is 2.33. The number of aromatic nitrogens is 2. The predicted molar refractivity (Wildman–Crippen MR) is 108 cm³/mol. The molecule has 0 bridgehead atoms. The van der Waals surface area contributed by atoms with Crippen LogP contribution in [0.5, 0.6) is 0 Å². The molecule has 1 N–H and O–H groups in total. The van der Waals surface area contributed by atoms with Crippen LogP contribution < -0.4 is 10.2 Å². The van der Waals surface area contributed by atoms with Gasteiger partial charge in [-0.05, 0) is 48.1 Å². The van der Waals surface area contributed by atoms with Crippen molar-refractivity contribution in [3.63, 3.8) is 0 Å². The van der Waals surface area contributed by atoms with Crippen molar-refractivity contribution < 1.29 is 0 Å². The van der Waals surface area contributed by atoms with Gasteiger partial charge >= 0.3 is 0 Å². The van der Waals surface area contributed by atoms with Crippen LogP contribution in [0.3, 0.4) is 0 Å². The molecule has 0 saturated heterocycles. The fraction of sp³-hybridized carbons (Fsp3) is 0.273. The number of hydrogen-bond acceptors (Lipinski definition) is 4. The third-order valence-corrected chi connectivity index (χ3v) is 4.86. The van der Waals surface area contributed by atoms with Gasteiger partial charge in [0, 0.05) is 24.1 Å². The van der Waals surface area contributed by atoms with Crippen molar-refractivity contribution in [2.75, 3.05) is 16.8 Å². The van der Waals surface area contributed by atoms with Crippen LogP contribution in [0.1, 0.15) is 37.3 Å². The number of fused-ring (bicyclic) bond motifs is 1. The van der Waals surface area contributed by atoms with E-state index >= 15 is 0 Å². The van der Waals surface area contributed by atoms with Crippen molar-refractivity contribution in [1.82, 2.24) is 9.97 Å². The first kappa shape index (κ1) is 16.6. The van der Waals surface area contributed by atoms with Gasteiger partial charge in [-0.2, -0.15) is 4.98 Å². The molecule has 26 heavy (non-hydrogen) atoms. The summed E-state index contributed by atoms with van der Waals surface area (Å²) < 4.78 is 0. The second-order valence-electron chi connectivity index (χ2n) is 6.99. The van der Waals surface area contributed by atoms with E-state index in [9.17, 15) is 0 Å². The van der Waals surface area contributed by atoms with Crippen molar-refractivity contribution >= 4 is 23.1 Å². The van der Waals surface area contributed by atoms with Gasteiger partial charge in [0.25, 0.3) is 0 Å². The molecule has 0 spiro atoms. The van der Waals surface area contributed by atoms with Crippen molar-refractivity contribution in [2.45, 2.75) is 32.6 Å². The smallest absolute Gasteiger partial charge is 0.229 e. The Kier molecular flexibility index (Phi) is 4.57. The van der Waals surface area contributed by atoms with Crippen molar-refractivity contribution in [2.24, 2.45) is 0 Å². The number of nitrogens with zero attached hydrogens (tertiary/aromatic N) is 3. The number of aryl methyl sites for hydroxylation is 1. The molecule has 2 heterocycles. The third kappa shape index (κ3) is 3.27. The van der Waals surface area contributed by atoms with Crippen molar-refractivity contribution in [3.8, 4) is 0 Å². The fourth-order valence-corrected chi connectivity index (χ4v) is 3.57. The van der Waals surface area contributed by atoms with Crippen LogP contribution in [0.15, 0.2) is 60.8 Å². The summed E-state index contributed by atoms with van der Waals surface area (Å²) in [4.78, 5) is 11.5. The Morgan fingerprint density at radius 3 is 2.69 bits per heavy atom. The van der Waals surface area contributed by atoms with Gasteiger partial charge in [-0.15, -0.1) is 0 Å². The maximum absolute atomic E-state index is 4.79. The first-order valence-electron chi connectivity index (χ1n) is 9.27. The minimum absolute atomic E-state index is 0.441. The average Bonchev–Trinajstić information content (AvgIpc) is 2.68. The van der Waals surface area contributed by atoms with Crippen LogP contribution in [0.2, 0.25) is 0 Å². The van der Waals surface area contributed by atoms with Gasteiger partial charge in [0.1, 0.15) is 5.82 Å². The van der Waals surface area contributed by atoms with Gasteiger partial charge in [-0.3, -0.25) is 0 Å². The number of nitrogens with one attached hydrogen (secondary N) is 1. The zero-order chi connectivity index (χ0) is 17.9. The van der Waals surface area contributed by atoms with E-state index < -0.39 is 0 Å². The molecule has 0 saturated carbocycles. The minimum atomic E-state index is 0.441. The lowest BCUT2D eigenvalue weighted by Gasteiger charge is -2.30. The van der Waals surface area contributed by atoms with Crippen LogP contribution >= 0.6 is 0 Å². The predicted octanol–water partition coefficient (Wildman–Crippen LogP) is 5.43. The average molecular weight is 344 g/mol. The highest BCUT2D eigenvalue weighted by atomic mass is 15.2. The van der Waals surface area contributed by atoms with Gasteiger partial charge in [0.15, 0.2) is 0 Å². The number of anilines is 4. The number of benzene rings is 2. The minimum Gasteiger partial charge on any atom is -0.326 e. The van der Waals surface area contributed by atoms with E-state index in [2.05, 4.69) is 71.5 Å². The molecule has 0 aliphatic carbocycles. The quantitative estimate of drug-likeness (QED) is 0.685. The SMILES string of the molecule is CC(C)c1ccccc1Nc1nccc(N2CCCc3ccccc32)n1. The Balaban J connectivity index is 1.65. The molecule has 4 heteroatoms. The lowest BCUT2D eigenvalue weighted by atomic mass is 10.0. The topological polar surface area (TPSA) is 41.1 Å². The van der Waals surface area contributed by atoms with Crippen LogP contribution in [-0.2, 0) is 6.42 Å². The summed E-state index contributed by atoms with van der Waals surface area (Å²) in [5.74, 6) is 2.02. The molecule has 4 rings (SSSR count). The summed E-state index contributed by atoms with van der Waals surface area (Å²) in [5, 5.41) is 3.41. The zero-order valence-electron chi connectivity index (χ0n) is 15.3. The molecule has 0 unspecified atom stereocenters. The molecule has 0 radical (unpaired) electrons. The third-order valence-electron chi connectivity index (χ3n) is 4.86. The Morgan fingerprint density at radius 2 is 1.81 bits per heavy atom. The van der Waals surface area contributed by atoms with E-state index in [0.717, 1.165) is 30.9 Å². The second-order valence-corrected chi connectivity index (χ2v) is 6.99. The second kappa shape index (κ2) is 7.16.